The summed E-state index contributed by atoms with van der Waals surface area (Å²) in [5.41, 5.74) is 0. The van der Waals surface area contributed by atoms with E-state index >= 15 is 0 Å². The van der Waals surface area contributed by atoms with Gasteiger partial charge in [-0.05, 0) is 56.3 Å². The molecule has 23 heavy (non-hydrogen) atoms. The van der Waals surface area contributed by atoms with Gasteiger partial charge in [0.15, 0.2) is 0 Å². The van der Waals surface area contributed by atoms with Crippen molar-refractivity contribution in [2.75, 3.05) is 0 Å². The maximum atomic E-state index is 2.44. The zero-order valence-corrected chi connectivity index (χ0v) is 16.1. The molecule has 0 spiro atoms. The van der Waals surface area contributed by atoms with Crippen molar-refractivity contribution in [2.24, 2.45) is 23.7 Å². The fourth-order valence-corrected chi connectivity index (χ4v) is 5.11. The first kappa shape index (κ1) is 19.1. The van der Waals surface area contributed by atoms with Gasteiger partial charge in [-0.15, -0.1) is 0 Å². The summed E-state index contributed by atoms with van der Waals surface area (Å²) in [6.07, 6.45) is 27.2. The Balaban J connectivity index is 1.47. The van der Waals surface area contributed by atoms with E-state index in [1.54, 1.807) is 25.7 Å². The SMILES string of the molecule is CC=CC1CCC(CCCCC2CCC(CCCC)CC2)CC1. The van der Waals surface area contributed by atoms with E-state index in [9.17, 15) is 0 Å². The normalized spacial score (nSPS) is 32.4. The van der Waals surface area contributed by atoms with Crippen LogP contribution >= 0.6 is 0 Å². The lowest BCUT2D eigenvalue weighted by Crippen LogP contribution is -2.15. The third-order valence-electron chi connectivity index (χ3n) is 6.76. The summed E-state index contributed by atoms with van der Waals surface area (Å²) in [4.78, 5) is 0. The molecule has 0 atom stereocenters. The molecule has 2 rings (SSSR count). The zero-order chi connectivity index (χ0) is 16.3. The molecule has 0 amide bonds. The molecule has 0 saturated heterocycles. The maximum Gasteiger partial charge on any atom is -0.0233 e. The monoisotopic (exact) mass is 318 g/mol. The predicted molar refractivity (Wildman–Crippen MR) is 104 cm³/mol. The minimum Gasteiger partial charge on any atom is -0.0914 e. The van der Waals surface area contributed by atoms with E-state index < -0.39 is 0 Å². The largest absolute Gasteiger partial charge is 0.0914 e. The Morgan fingerprint density at radius 3 is 1.52 bits per heavy atom. The Hall–Kier alpha value is -0.260. The average molecular weight is 319 g/mol. The van der Waals surface area contributed by atoms with Crippen LogP contribution in [0.3, 0.4) is 0 Å². The number of rotatable bonds is 9. The van der Waals surface area contributed by atoms with Crippen molar-refractivity contribution in [2.45, 2.75) is 110 Å². The quantitative estimate of drug-likeness (QED) is 0.299. The van der Waals surface area contributed by atoms with Crippen LogP contribution in [0, 0.1) is 23.7 Å². The van der Waals surface area contributed by atoms with Crippen LogP contribution in [0.5, 0.6) is 0 Å². The summed E-state index contributed by atoms with van der Waals surface area (Å²) in [7, 11) is 0. The smallest absolute Gasteiger partial charge is 0.0233 e. The third-order valence-corrected chi connectivity index (χ3v) is 6.76. The molecule has 0 bridgehead atoms. The van der Waals surface area contributed by atoms with Crippen molar-refractivity contribution < 1.29 is 0 Å². The maximum absolute atomic E-state index is 2.44. The van der Waals surface area contributed by atoms with Gasteiger partial charge in [0.05, 0.1) is 0 Å². The van der Waals surface area contributed by atoms with Crippen molar-refractivity contribution >= 4 is 0 Å². The van der Waals surface area contributed by atoms with Crippen LogP contribution < -0.4 is 0 Å². The molecule has 2 saturated carbocycles. The molecule has 0 radical (unpaired) electrons. The molecule has 2 aliphatic carbocycles. The summed E-state index contributed by atoms with van der Waals surface area (Å²) in [5.74, 6) is 4.12. The average Bonchev–Trinajstić information content (AvgIpc) is 2.59. The zero-order valence-electron chi connectivity index (χ0n) is 16.1. The molecule has 0 aromatic heterocycles. The Kier molecular flexibility index (Phi) is 9.39. The van der Waals surface area contributed by atoms with Gasteiger partial charge in [0.25, 0.3) is 0 Å². The third kappa shape index (κ3) is 7.44. The summed E-state index contributed by atoms with van der Waals surface area (Å²) < 4.78 is 0. The fraction of sp³-hybridized carbons (Fsp3) is 0.913. The Morgan fingerprint density at radius 1 is 0.652 bits per heavy atom. The van der Waals surface area contributed by atoms with Gasteiger partial charge >= 0.3 is 0 Å². The van der Waals surface area contributed by atoms with Crippen LogP contribution in [0.2, 0.25) is 0 Å². The van der Waals surface area contributed by atoms with Crippen molar-refractivity contribution in [3.8, 4) is 0 Å². The molecule has 2 aliphatic rings. The van der Waals surface area contributed by atoms with E-state index in [-0.39, 0.29) is 0 Å². The van der Waals surface area contributed by atoms with Gasteiger partial charge in [-0.3, -0.25) is 0 Å². The first-order chi connectivity index (χ1) is 11.3. The predicted octanol–water partition coefficient (Wildman–Crippen LogP) is 7.93. The topological polar surface area (TPSA) is 0 Å². The molecule has 0 heterocycles. The minimum atomic E-state index is 0.902. The molecule has 0 unspecified atom stereocenters. The highest BCUT2D eigenvalue weighted by atomic mass is 14.3. The highest BCUT2D eigenvalue weighted by Gasteiger charge is 2.21. The van der Waals surface area contributed by atoms with E-state index in [0.29, 0.717) is 0 Å². The molecule has 0 N–H and O–H groups in total. The van der Waals surface area contributed by atoms with Gasteiger partial charge in [-0.2, -0.15) is 0 Å². The van der Waals surface area contributed by atoms with Crippen LogP contribution in [0.1, 0.15) is 110 Å². The first-order valence-electron chi connectivity index (χ1n) is 10.9. The molecular formula is C23H42. The van der Waals surface area contributed by atoms with Gasteiger partial charge in [-0.1, -0.05) is 89.7 Å². The standard InChI is InChI=1S/C23H42/c1-3-5-9-21-16-18-23(19-17-21)11-7-6-10-22-14-12-20(8-4-2)13-15-22/h4,8,20-23H,3,5-7,9-19H2,1-2H3. The van der Waals surface area contributed by atoms with Crippen LogP contribution in [0.4, 0.5) is 0 Å². The minimum absolute atomic E-state index is 0.902. The second kappa shape index (κ2) is 11.3. The summed E-state index contributed by atoms with van der Waals surface area (Å²) in [5, 5.41) is 0. The van der Waals surface area contributed by atoms with E-state index in [0.717, 1.165) is 23.7 Å². The fourth-order valence-electron chi connectivity index (χ4n) is 5.11. The van der Waals surface area contributed by atoms with Gasteiger partial charge in [0.2, 0.25) is 0 Å². The van der Waals surface area contributed by atoms with Gasteiger partial charge in [0, 0.05) is 0 Å². The molecule has 0 heteroatoms. The number of allylic oxidation sites excluding steroid dienone is 2. The lowest BCUT2D eigenvalue weighted by atomic mass is 9.77. The van der Waals surface area contributed by atoms with E-state index in [4.69, 9.17) is 0 Å². The van der Waals surface area contributed by atoms with Gasteiger partial charge in [-0.25, -0.2) is 0 Å². The van der Waals surface area contributed by atoms with Crippen LogP contribution in [-0.4, -0.2) is 0 Å². The van der Waals surface area contributed by atoms with E-state index in [2.05, 4.69) is 26.0 Å². The van der Waals surface area contributed by atoms with E-state index in [1.165, 1.54) is 70.6 Å². The molecule has 0 aromatic rings. The number of hydrogen-bond acceptors (Lipinski definition) is 0. The molecule has 0 aromatic carbocycles. The Bertz CT molecular complexity index is 300. The summed E-state index contributed by atoms with van der Waals surface area (Å²) in [6, 6.07) is 0. The molecule has 134 valence electrons. The van der Waals surface area contributed by atoms with Crippen molar-refractivity contribution in [3.05, 3.63) is 12.2 Å². The number of unbranched alkanes of at least 4 members (excludes halogenated alkanes) is 2. The lowest BCUT2D eigenvalue weighted by Gasteiger charge is -2.29. The number of hydrogen-bond donors (Lipinski definition) is 0. The molecule has 2 fully saturated rings. The first-order valence-corrected chi connectivity index (χ1v) is 10.9. The summed E-state index contributed by atoms with van der Waals surface area (Å²) in [6.45, 7) is 4.50. The second-order valence-electron chi connectivity index (χ2n) is 8.62. The lowest BCUT2D eigenvalue weighted by molar-refractivity contribution is 0.240. The summed E-state index contributed by atoms with van der Waals surface area (Å²) >= 11 is 0. The Morgan fingerprint density at radius 2 is 1.09 bits per heavy atom. The van der Waals surface area contributed by atoms with E-state index in [1.807, 2.05) is 0 Å². The molecular weight excluding hydrogens is 276 g/mol. The highest BCUT2D eigenvalue weighted by Crippen LogP contribution is 2.36. The van der Waals surface area contributed by atoms with Gasteiger partial charge in [0.1, 0.15) is 0 Å². The van der Waals surface area contributed by atoms with Crippen LogP contribution in [-0.2, 0) is 0 Å². The van der Waals surface area contributed by atoms with Crippen LogP contribution in [0.25, 0.3) is 0 Å². The molecule has 0 nitrogen and oxygen atoms in total. The van der Waals surface area contributed by atoms with Crippen molar-refractivity contribution in [1.29, 1.82) is 0 Å². The second-order valence-corrected chi connectivity index (χ2v) is 8.62. The van der Waals surface area contributed by atoms with Crippen molar-refractivity contribution in [1.82, 2.24) is 0 Å². The van der Waals surface area contributed by atoms with Crippen LogP contribution in [0.15, 0.2) is 12.2 Å². The van der Waals surface area contributed by atoms with Gasteiger partial charge < -0.3 is 0 Å². The highest BCUT2D eigenvalue weighted by molar-refractivity contribution is 4.88. The Labute approximate surface area is 146 Å². The van der Waals surface area contributed by atoms with Crippen molar-refractivity contribution in [3.63, 3.8) is 0 Å². The molecule has 0 aliphatic heterocycles.